The topological polar surface area (TPSA) is 82.5 Å². The molecule has 0 saturated carbocycles. The Balaban J connectivity index is 1.20. The predicted molar refractivity (Wildman–Crippen MR) is 145 cm³/mol. The molecule has 5 rings (SSSR count). The molecule has 1 amide bonds. The molecule has 2 aromatic carbocycles. The maximum atomic E-state index is 13.2. The highest BCUT2D eigenvalue weighted by atomic mass is 16.1. The largest absolute Gasteiger partial charge is 0.352 e. The highest BCUT2D eigenvalue weighted by Crippen LogP contribution is 2.29. The Morgan fingerprint density at radius 2 is 1.75 bits per heavy atom. The lowest BCUT2D eigenvalue weighted by Crippen LogP contribution is -2.44. The molecule has 3 heterocycles. The van der Waals surface area contributed by atoms with Crippen molar-refractivity contribution in [1.29, 1.82) is 0 Å². The molecular weight excluding hydrogens is 452 g/mol. The van der Waals surface area contributed by atoms with Crippen LogP contribution in [0.15, 0.2) is 53.3 Å². The number of nitrogens with one attached hydrogen (secondary N) is 2. The van der Waals surface area contributed by atoms with Crippen molar-refractivity contribution in [1.82, 2.24) is 20.0 Å². The van der Waals surface area contributed by atoms with Gasteiger partial charge < -0.3 is 20.4 Å². The molecule has 0 aliphatic carbocycles. The number of aromatic nitrogens is 2. The van der Waals surface area contributed by atoms with Gasteiger partial charge in [-0.05, 0) is 68.6 Å². The lowest BCUT2D eigenvalue weighted by atomic mass is 9.89. The Morgan fingerprint density at radius 1 is 1.00 bits per heavy atom. The van der Waals surface area contributed by atoms with Gasteiger partial charge in [0.15, 0.2) is 5.82 Å². The molecule has 8 nitrogen and oxygen atoms in total. The van der Waals surface area contributed by atoms with Crippen LogP contribution in [-0.4, -0.2) is 66.4 Å². The van der Waals surface area contributed by atoms with Gasteiger partial charge in [-0.1, -0.05) is 30.3 Å². The monoisotopic (exact) mass is 488 g/mol. The Bertz CT molecular complexity index is 1260. The van der Waals surface area contributed by atoms with E-state index in [-0.39, 0.29) is 11.5 Å². The van der Waals surface area contributed by atoms with Gasteiger partial charge in [-0.2, -0.15) is 5.10 Å². The van der Waals surface area contributed by atoms with E-state index in [0.717, 1.165) is 87.4 Å². The van der Waals surface area contributed by atoms with Crippen molar-refractivity contribution in [2.24, 2.45) is 0 Å². The number of anilines is 2. The van der Waals surface area contributed by atoms with Gasteiger partial charge in [0, 0.05) is 50.7 Å². The Morgan fingerprint density at radius 3 is 2.50 bits per heavy atom. The summed E-state index contributed by atoms with van der Waals surface area (Å²) in [7, 11) is 0. The number of aryl methyl sites for hydroxylation is 1. The number of piperazine rings is 1. The first-order valence-electron chi connectivity index (χ1n) is 13.1. The van der Waals surface area contributed by atoms with Gasteiger partial charge >= 0.3 is 0 Å². The fraction of sp³-hybridized carbons (Fsp3) is 0.464. The number of carbonyl (C=O) groups excluding carboxylic acids is 1. The third-order valence-corrected chi connectivity index (χ3v) is 7.38. The minimum Gasteiger partial charge on any atom is -0.352 e. The minimum absolute atomic E-state index is 0.00208. The fourth-order valence-electron chi connectivity index (χ4n) is 5.49. The molecule has 2 fully saturated rings. The van der Waals surface area contributed by atoms with E-state index < -0.39 is 0 Å². The van der Waals surface area contributed by atoms with E-state index in [0.29, 0.717) is 12.5 Å². The van der Waals surface area contributed by atoms with Gasteiger partial charge in [0.05, 0.1) is 5.39 Å². The number of hydrogen-bond acceptors (Lipinski definition) is 6. The molecule has 190 valence electrons. The van der Waals surface area contributed by atoms with E-state index in [1.807, 2.05) is 36.4 Å². The molecule has 36 heavy (non-hydrogen) atoms. The SMILES string of the molecule is CC(=O)Nc1cccc(C2CCN(CCCn3nc(N4CCNCC4)c4ccccc4c3=O)CC2)c1. The number of fused-ring (bicyclic) bond motifs is 1. The smallest absolute Gasteiger partial charge is 0.274 e. The summed E-state index contributed by atoms with van der Waals surface area (Å²) in [5.74, 6) is 1.40. The van der Waals surface area contributed by atoms with Gasteiger partial charge in [-0.25, -0.2) is 4.68 Å². The zero-order valence-electron chi connectivity index (χ0n) is 21.1. The van der Waals surface area contributed by atoms with Crippen LogP contribution >= 0.6 is 0 Å². The van der Waals surface area contributed by atoms with E-state index in [4.69, 9.17) is 5.10 Å². The van der Waals surface area contributed by atoms with Crippen LogP contribution in [-0.2, 0) is 11.3 Å². The number of likely N-dealkylation sites (tertiary alicyclic amines) is 1. The van der Waals surface area contributed by atoms with Crippen molar-refractivity contribution in [3.63, 3.8) is 0 Å². The van der Waals surface area contributed by atoms with Gasteiger partial charge in [0.2, 0.25) is 5.91 Å². The molecule has 2 saturated heterocycles. The lowest BCUT2D eigenvalue weighted by Gasteiger charge is -2.32. The quantitative estimate of drug-likeness (QED) is 0.532. The maximum absolute atomic E-state index is 13.2. The van der Waals surface area contributed by atoms with Crippen LogP contribution in [0.2, 0.25) is 0 Å². The van der Waals surface area contributed by atoms with Gasteiger partial charge in [0.25, 0.3) is 5.56 Å². The molecule has 0 bridgehead atoms. The predicted octanol–water partition coefficient (Wildman–Crippen LogP) is 3.03. The molecule has 1 aromatic heterocycles. The van der Waals surface area contributed by atoms with Gasteiger partial charge in [0.1, 0.15) is 0 Å². The van der Waals surface area contributed by atoms with Crippen LogP contribution in [0.5, 0.6) is 0 Å². The molecular formula is C28H36N6O2. The van der Waals surface area contributed by atoms with E-state index in [1.165, 1.54) is 5.56 Å². The molecule has 8 heteroatoms. The van der Waals surface area contributed by atoms with Gasteiger partial charge in [-0.15, -0.1) is 0 Å². The van der Waals surface area contributed by atoms with Crippen LogP contribution in [0.25, 0.3) is 10.8 Å². The van der Waals surface area contributed by atoms with Crippen LogP contribution in [0, 0.1) is 0 Å². The van der Waals surface area contributed by atoms with Crippen LogP contribution in [0.4, 0.5) is 11.5 Å². The summed E-state index contributed by atoms with van der Waals surface area (Å²) in [6.07, 6.45) is 3.10. The molecule has 3 aromatic rings. The average molecular weight is 489 g/mol. The zero-order chi connectivity index (χ0) is 24.9. The molecule has 0 unspecified atom stereocenters. The number of amides is 1. The maximum Gasteiger partial charge on any atom is 0.274 e. The summed E-state index contributed by atoms with van der Waals surface area (Å²) in [5, 5.41) is 12.8. The van der Waals surface area contributed by atoms with E-state index in [2.05, 4.69) is 32.6 Å². The first kappa shape index (κ1) is 24.5. The highest BCUT2D eigenvalue weighted by molar-refractivity contribution is 5.91. The summed E-state index contributed by atoms with van der Waals surface area (Å²) >= 11 is 0. The number of piperidine rings is 1. The van der Waals surface area contributed by atoms with Crippen molar-refractivity contribution in [3.8, 4) is 0 Å². The van der Waals surface area contributed by atoms with Crippen molar-refractivity contribution in [2.75, 3.05) is 56.0 Å². The molecule has 2 aliphatic rings. The standard InChI is InChI=1S/C28H36N6O2/c1-21(35)30-24-7-4-6-23(20-24)22-10-16-32(17-11-22)14-5-15-34-28(36)26-9-3-2-8-25(26)27(31-34)33-18-12-29-13-19-33/h2-4,6-9,20,22,29H,5,10-19H2,1H3,(H,30,35). The van der Waals surface area contributed by atoms with Gasteiger partial charge in [-0.3, -0.25) is 9.59 Å². The first-order chi connectivity index (χ1) is 17.6. The van der Waals surface area contributed by atoms with Crippen LogP contribution < -0.4 is 21.1 Å². The molecule has 2 aliphatic heterocycles. The second-order valence-electron chi connectivity index (χ2n) is 9.91. The number of nitrogens with zero attached hydrogens (tertiary/aromatic N) is 4. The van der Waals surface area contributed by atoms with Crippen molar-refractivity contribution >= 4 is 28.2 Å². The third kappa shape index (κ3) is 5.60. The second kappa shape index (κ2) is 11.2. The second-order valence-corrected chi connectivity index (χ2v) is 9.91. The molecule has 0 atom stereocenters. The van der Waals surface area contributed by atoms with Crippen LogP contribution in [0.3, 0.4) is 0 Å². The minimum atomic E-state index is -0.0398. The number of rotatable bonds is 7. The van der Waals surface area contributed by atoms with Crippen molar-refractivity contribution < 1.29 is 4.79 Å². The summed E-state index contributed by atoms with van der Waals surface area (Å²) in [6, 6.07) is 16.1. The third-order valence-electron chi connectivity index (χ3n) is 7.38. The first-order valence-corrected chi connectivity index (χ1v) is 13.1. The summed E-state index contributed by atoms with van der Waals surface area (Å²) in [6.45, 7) is 8.88. The fourth-order valence-corrected chi connectivity index (χ4v) is 5.49. The number of carbonyl (C=O) groups is 1. The molecule has 2 N–H and O–H groups in total. The number of hydrogen-bond donors (Lipinski definition) is 2. The highest BCUT2D eigenvalue weighted by Gasteiger charge is 2.21. The van der Waals surface area contributed by atoms with E-state index in [9.17, 15) is 9.59 Å². The Labute approximate surface area is 212 Å². The normalized spacial score (nSPS) is 17.4. The summed E-state index contributed by atoms with van der Waals surface area (Å²) in [4.78, 5) is 29.3. The molecule has 0 radical (unpaired) electrons. The lowest BCUT2D eigenvalue weighted by molar-refractivity contribution is -0.114. The van der Waals surface area contributed by atoms with E-state index in [1.54, 1.807) is 11.6 Å². The van der Waals surface area contributed by atoms with Crippen LogP contribution in [0.1, 0.15) is 37.7 Å². The summed E-state index contributed by atoms with van der Waals surface area (Å²) in [5.41, 5.74) is 2.17. The van der Waals surface area contributed by atoms with Crippen molar-refractivity contribution in [3.05, 3.63) is 64.4 Å². The summed E-state index contributed by atoms with van der Waals surface area (Å²) < 4.78 is 1.68. The van der Waals surface area contributed by atoms with Crippen molar-refractivity contribution in [2.45, 2.75) is 38.6 Å². The zero-order valence-corrected chi connectivity index (χ0v) is 21.1. The number of benzene rings is 2. The Kier molecular flexibility index (Phi) is 7.63. The Hall–Kier alpha value is -3.23. The van der Waals surface area contributed by atoms with E-state index >= 15 is 0 Å². The average Bonchev–Trinajstić information content (AvgIpc) is 2.91. The molecule has 0 spiro atoms.